The third-order valence-corrected chi connectivity index (χ3v) is 4.42. The average molecular weight is 332 g/mol. The van der Waals surface area contributed by atoms with E-state index in [1.165, 1.54) is 4.57 Å². The van der Waals surface area contributed by atoms with Crippen LogP contribution < -0.4 is 11.2 Å². The van der Waals surface area contributed by atoms with Crippen LogP contribution in [-0.2, 0) is 20.8 Å². The van der Waals surface area contributed by atoms with Gasteiger partial charge in [0.2, 0.25) is 0 Å². The van der Waals surface area contributed by atoms with E-state index in [4.69, 9.17) is 9.47 Å². The number of aromatic amines is 1. The summed E-state index contributed by atoms with van der Waals surface area (Å²) in [6, 6.07) is 6.81. The monoisotopic (exact) mass is 332 g/mol. The molecule has 3 rings (SSSR count). The molecule has 128 valence electrons. The molecule has 0 saturated heterocycles. The molecule has 1 aromatic heterocycles. The van der Waals surface area contributed by atoms with Crippen LogP contribution in [0.4, 0.5) is 0 Å². The number of nitrogens with zero attached hydrogens (tertiary/aromatic N) is 1. The van der Waals surface area contributed by atoms with Gasteiger partial charge in [-0.15, -0.1) is 0 Å². The number of rotatable bonds is 5. The molecule has 1 aliphatic rings. The van der Waals surface area contributed by atoms with Crippen LogP contribution in [0.2, 0.25) is 0 Å². The Hall–Kier alpha value is -2.41. The molecule has 0 unspecified atom stereocenters. The number of aryl methyl sites for hydroxylation is 1. The predicted octanol–water partition coefficient (Wildman–Crippen LogP) is 1.19. The Labute approximate surface area is 138 Å². The average Bonchev–Trinajstić information content (AvgIpc) is 3.01. The number of nitrogens with one attached hydrogen (secondary N) is 1. The van der Waals surface area contributed by atoms with Crippen molar-refractivity contribution < 1.29 is 14.3 Å². The summed E-state index contributed by atoms with van der Waals surface area (Å²) >= 11 is 0. The van der Waals surface area contributed by atoms with Crippen LogP contribution in [0.1, 0.15) is 25.7 Å². The van der Waals surface area contributed by atoms with E-state index >= 15 is 0 Å². The maximum atomic E-state index is 12.1. The first-order valence-corrected chi connectivity index (χ1v) is 8.04. The molecular weight excluding hydrogens is 312 g/mol. The van der Waals surface area contributed by atoms with Crippen molar-refractivity contribution >= 4 is 16.9 Å². The second kappa shape index (κ2) is 7.00. The number of hydrogen-bond donors (Lipinski definition) is 1. The summed E-state index contributed by atoms with van der Waals surface area (Å²) in [5.74, 6) is -0.369. The van der Waals surface area contributed by atoms with E-state index in [1.807, 2.05) is 0 Å². The normalized spacial score (nSPS) is 20.4. The number of aromatic nitrogens is 2. The van der Waals surface area contributed by atoms with Crippen molar-refractivity contribution in [1.29, 1.82) is 0 Å². The van der Waals surface area contributed by atoms with Crippen molar-refractivity contribution in [3.8, 4) is 0 Å². The summed E-state index contributed by atoms with van der Waals surface area (Å²) in [5, 5.41) is 0.417. The second-order valence-electron chi connectivity index (χ2n) is 5.91. The zero-order valence-electron chi connectivity index (χ0n) is 13.5. The molecule has 1 saturated carbocycles. The van der Waals surface area contributed by atoms with Gasteiger partial charge < -0.3 is 9.47 Å². The molecule has 24 heavy (non-hydrogen) atoms. The fraction of sp³-hybridized carbons (Fsp3) is 0.471. The quantitative estimate of drug-likeness (QED) is 0.831. The number of esters is 1. The highest BCUT2D eigenvalue weighted by atomic mass is 16.6. The van der Waals surface area contributed by atoms with Crippen molar-refractivity contribution in [2.45, 2.75) is 44.4 Å². The van der Waals surface area contributed by atoms with Gasteiger partial charge in [0.15, 0.2) is 0 Å². The lowest BCUT2D eigenvalue weighted by atomic mass is 10.2. The van der Waals surface area contributed by atoms with Crippen molar-refractivity contribution in [1.82, 2.24) is 9.55 Å². The highest BCUT2D eigenvalue weighted by Crippen LogP contribution is 2.24. The molecule has 0 bridgehead atoms. The number of methoxy groups -OCH3 is 1. The summed E-state index contributed by atoms with van der Waals surface area (Å²) in [6.07, 6.45) is 2.45. The first kappa shape index (κ1) is 16.4. The molecule has 1 heterocycles. The molecule has 0 spiro atoms. The smallest absolute Gasteiger partial charge is 0.328 e. The summed E-state index contributed by atoms with van der Waals surface area (Å²) in [5.41, 5.74) is -0.444. The van der Waals surface area contributed by atoms with Crippen LogP contribution in [0.15, 0.2) is 33.9 Å². The molecule has 0 aliphatic heterocycles. The molecule has 7 heteroatoms. The Morgan fingerprint density at radius 1 is 1.25 bits per heavy atom. The van der Waals surface area contributed by atoms with Crippen molar-refractivity contribution in [3.63, 3.8) is 0 Å². The first-order chi connectivity index (χ1) is 11.6. The molecule has 7 nitrogen and oxygen atoms in total. The lowest BCUT2D eigenvalue weighted by Crippen LogP contribution is -2.32. The summed E-state index contributed by atoms with van der Waals surface area (Å²) in [6.45, 7) is 0.152. The summed E-state index contributed by atoms with van der Waals surface area (Å²) in [7, 11) is 1.61. The van der Waals surface area contributed by atoms with E-state index in [9.17, 15) is 14.4 Å². The fourth-order valence-corrected chi connectivity index (χ4v) is 3.19. The Balaban J connectivity index is 1.73. The van der Waals surface area contributed by atoms with Crippen LogP contribution in [0, 0.1) is 0 Å². The molecule has 1 fully saturated rings. The minimum atomic E-state index is -0.526. The molecule has 2 atom stereocenters. The molecule has 1 aromatic carbocycles. The number of para-hydroxylation sites is 1. The Bertz CT molecular complexity index is 854. The van der Waals surface area contributed by atoms with E-state index in [0.29, 0.717) is 10.9 Å². The number of carbonyl (C=O) groups excluding carboxylic acids is 1. The van der Waals surface area contributed by atoms with Gasteiger partial charge in [0.25, 0.3) is 5.56 Å². The third-order valence-electron chi connectivity index (χ3n) is 4.42. The zero-order chi connectivity index (χ0) is 17.1. The third kappa shape index (κ3) is 3.26. The van der Waals surface area contributed by atoms with Gasteiger partial charge in [0.05, 0.1) is 23.4 Å². The van der Waals surface area contributed by atoms with Crippen LogP contribution >= 0.6 is 0 Å². The highest BCUT2D eigenvalue weighted by molar-refractivity contribution is 5.78. The maximum Gasteiger partial charge on any atom is 0.328 e. The van der Waals surface area contributed by atoms with Gasteiger partial charge in [0, 0.05) is 13.7 Å². The van der Waals surface area contributed by atoms with E-state index < -0.39 is 11.2 Å². The number of H-pyrrole nitrogens is 1. The molecular formula is C17H20N2O5. The minimum Gasteiger partial charge on any atom is -0.460 e. The maximum absolute atomic E-state index is 12.1. The van der Waals surface area contributed by atoms with E-state index in [1.54, 1.807) is 31.4 Å². The van der Waals surface area contributed by atoms with Crippen molar-refractivity contribution in [3.05, 3.63) is 45.1 Å². The Morgan fingerprint density at radius 2 is 2.00 bits per heavy atom. The topological polar surface area (TPSA) is 90.4 Å². The molecule has 2 aromatic rings. The Morgan fingerprint density at radius 3 is 2.79 bits per heavy atom. The van der Waals surface area contributed by atoms with Gasteiger partial charge >= 0.3 is 11.7 Å². The van der Waals surface area contributed by atoms with Gasteiger partial charge in [-0.2, -0.15) is 0 Å². The summed E-state index contributed by atoms with van der Waals surface area (Å²) in [4.78, 5) is 38.2. The number of carbonyl (C=O) groups is 1. The molecule has 1 aliphatic carbocycles. The van der Waals surface area contributed by atoms with E-state index in [2.05, 4.69) is 4.98 Å². The summed E-state index contributed by atoms with van der Waals surface area (Å²) < 4.78 is 12.2. The van der Waals surface area contributed by atoms with Crippen molar-refractivity contribution in [2.75, 3.05) is 7.11 Å². The van der Waals surface area contributed by atoms with E-state index in [-0.39, 0.29) is 31.1 Å². The lowest BCUT2D eigenvalue weighted by Gasteiger charge is -2.19. The number of ether oxygens (including phenoxy) is 2. The van der Waals surface area contributed by atoms with Crippen LogP contribution in [0.25, 0.3) is 10.9 Å². The molecule has 1 N–H and O–H groups in total. The highest BCUT2D eigenvalue weighted by Gasteiger charge is 2.30. The van der Waals surface area contributed by atoms with Crippen LogP contribution in [0.3, 0.4) is 0 Å². The minimum absolute atomic E-state index is 0.0504. The first-order valence-electron chi connectivity index (χ1n) is 8.04. The molecule has 0 radical (unpaired) electrons. The molecule has 0 amide bonds. The zero-order valence-corrected chi connectivity index (χ0v) is 13.5. The number of hydrogen-bond acceptors (Lipinski definition) is 5. The standard InChI is InChI=1S/C17H20N2O5/c1-23-13-7-4-8-14(13)24-15(20)9-10-19-12-6-3-2-5-11(12)16(21)18-17(19)22/h2-3,5-6,13-14H,4,7-10H2,1H3,(H,18,21,22)/t13-,14-/m0/s1. The second-order valence-corrected chi connectivity index (χ2v) is 5.91. The largest absolute Gasteiger partial charge is 0.460 e. The van der Waals surface area contributed by atoms with Gasteiger partial charge in [0.1, 0.15) is 6.10 Å². The van der Waals surface area contributed by atoms with Gasteiger partial charge in [-0.1, -0.05) is 12.1 Å². The Kier molecular flexibility index (Phi) is 4.80. The van der Waals surface area contributed by atoms with Crippen molar-refractivity contribution in [2.24, 2.45) is 0 Å². The van der Waals surface area contributed by atoms with Gasteiger partial charge in [-0.05, 0) is 31.4 Å². The number of fused-ring (bicyclic) bond motifs is 1. The predicted molar refractivity (Wildman–Crippen MR) is 88.0 cm³/mol. The SMILES string of the molecule is CO[C@H]1CCC[C@@H]1OC(=O)CCn1c(=O)[nH]c(=O)c2ccccc21. The lowest BCUT2D eigenvalue weighted by molar-refractivity contribution is -0.154. The van der Waals surface area contributed by atoms with E-state index in [0.717, 1.165) is 19.3 Å². The van der Waals surface area contributed by atoms with Gasteiger partial charge in [-0.25, -0.2) is 4.79 Å². The van der Waals surface area contributed by atoms with Gasteiger partial charge in [-0.3, -0.25) is 19.1 Å². The fourth-order valence-electron chi connectivity index (χ4n) is 3.19. The van der Waals surface area contributed by atoms with Crippen LogP contribution in [-0.4, -0.2) is 34.8 Å². The number of benzene rings is 1. The van der Waals surface area contributed by atoms with Crippen LogP contribution in [0.5, 0.6) is 0 Å².